The quantitative estimate of drug-likeness (QED) is 0.822. The summed E-state index contributed by atoms with van der Waals surface area (Å²) in [7, 11) is -3.33. The Labute approximate surface area is 147 Å². The maximum absolute atomic E-state index is 12.1. The number of rotatable bonds is 6. The van der Waals surface area contributed by atoms with Gasteiger partial charge in [-0.15, -0.1) is 0 Å². The number of hydrogen-bond acceptors (Lipinski definition) is 3. The zero-order valence-electron chi connectivity index (χ0n) is 12.9. The van der Waals surface area contributed by atoms with Crippen LogP contribution in [0.25, 0.3) is 0 Å². The van der Waals surface area contributed by atoms with Crippen LogP contribution in [-0.2, 0) is 14.8 Å². The molecule has 0 atom stereocenters. The van der Waals surface area contributed by atoms with Gasteiger partial charge in [-0.1, -0.05) is 42.1 Å². The topological polar surface area (TPSA) is 66.5 Å². The van der Waals surface area contributed by atoms with Crippen molar-refractivity contribution in [2.45, 2.75) is 38.1 Å². The first-order valence-electron chi connectivity index (χ1n) is 7.49. The van der Waals surface area contributed by atoms with Crippen LogP contribution in [0.1, 0.15) is 32.1 Å². The van der Waals surface area contributed by atoms with Crippen molar-refractivity contribution in [3.05, 3.63) is 28.2 Å². The van der Waals surface area contributed by atoms with E-state index in [1.165, 1.54) is 10.6 Å². The van der Waals surface area contributed by atoms with Gasteiger partial charge in [0.1, 0.15) is 0 Å². The van der Waals surface area contributed by atoms with E-state index in [1.807, 2.05) is 0 Å². The molecule has 23 heavy (non-hydrogen) atoms. The lowest BCUT2D eigenvalue weighted by Gasteiger charge is -2.26. The van der Waals surface area contributed by atoms with E-state index in [2.05, 4.69) is 5.32 Å². The fourth-order valence-electron chi connectivity index (χ4n) is 2.84. The fraction of sp³-hybridized carbons (Fsp3) is 0.533. The molecule has 0 unspecified atom stereocenters. The number of sulfonamides is 1. The molecule has 5 nitrogen and oxygen atoms in total. The second-order valence-corrected chi connectivity index (χ2v) is 8.46. The van der Waals surface area contributed by atoms with Crippen molar-refractivity contribution in [1.29, 1.82) is 0 Å². The van der Waals surface area contributed by atoms with E-state index in [1.54, 1.807) is 18.2 Å². The molecule has 0 heterocycles. The number of benzene rings is 1. The molecule has 1 saturated carbocycles. The molecule has 1 aliphatic carbocycles. The molecule has 8 heteroatoms. The molecule has 1 aromatic rings. The summed E-state index contributed by atoms with van der Waals surface area (Å²) in [6.45, 7) is 0.164. The van der Waals surface area contributed by atoms with Crippen LogP contribution in [0.3, 0.4) is 0 Å². The summed E-state index contributed by atoms with van der Waals surface area (Å²) in [6, 6.07) is 4.95. The molecular formula is C15H20Cl2N2O3S. The lowest BCUT2D eigenvalue weighted by molar-refractivity contribution is -0.116. The van der Waals surface area contributed by atoms with Crippen LogP contribution in [0.15, 0.2) is 18.2 Å². The fourth-order valence-corrected chi connectivity index (χ4v) is 4.51. The van der Waals surface area contributed by atoms with Gasteiger partial charge in [0.05, 0.1) is 22.0 Å². The lowest BCUT2D eigenvalue weighted by Crippen LogP contribution is -2.39. The third-order valence-corrected chi connectivity index (χ3v) is 5.91. The Balaban J connectivity index is 1.99. The van der Waals surface area contributed by atoms with Crippen LogP contribution in [0.5, 0.6) is 0 Å². The summed E-state index contributed by atoms with van der Waals surface area (Å²) < 4.78 is 25.3. The van der Waals surface area contributed by atoms with Crippen molar-refractivity contribution in [3.63, 3.8) is 0 Å². The molecule has 0 bridgehead atoms. The number of nitrogens with zero attached hydrogens (tertiary/aromatic N) is 1. The van der Waals surface area contributed by atoms with Crippen molar-refractivity contribution in [1.82, 2.24) is 4.31 Å². The van der Waals surface area contributed by atoms with Crippen LogP contribution in [-0.4, -0.2) is 37.5 Å². The minimum atomic E-state index is -3.33. The summed E-state index contributed by atoms with van der Waals surface area (Å²) in [4.78, 5) is 12.1. The molecule has 1 fully saturated rings. The highest BCUT2D eigenvalue weighted by Gasteiger charge is 2.29. The molecule has 2 rings (SSSR count). The van der Waals surface area contributed by atoms with Crippen molar-refractivity contribution in [3.8, 4) is 0 Å². The predicted octanol–water partition coefficient (Wildman–Crippen LogP) is 3.53. The van der Waals surface area contributed by atoms with Gasteiger partial charge in [0.25, 0.3) is 0 Å². The van der Waals surface area contributed by atoms with Crippen molar-refractivity contribution < 1.29 is 13.2 Å². The third kappa shape index (κ3) is 5.08. The van der Waals surface area contributed by atoms with E-state index in [4.69, 9.17) is 23.2 Å². The van der Waals surface area contributed by atoms with Gasteiger partial charge in [0.2, 0.25) is 15.9 Å². The van der Waals surface area contributed by atoms with E-state index in [9.17, 15) is 13.2 Å². The molecule has 1 amide bonds. The largest absolute Gasteiger partial charge is 0.324 e. The van der Waals surface area contributed by atoms with Gasteiger partial charge < -0.3 is 5.32 Å². The third-order valence-electron chi connectivity index (χ3n) is 3.94. The zero-order valence-corrected chi connectivity index (χ0v) is 15.2. The number of amides is 1. The molecule has 1 aliphatic rings. The summed E-state index contributed by atoms with van der Waals surface area (Å²) in [6.07, 6.45) is 5.01. The minimum absolute atomic E-state index is 0.00158. The van der Waals surface area contributed by atoms with Gasteiger partial charge in [0.15, 0.2) is 0 Å². The minimum Gasteiger partial charge on any atom is -0.324 e. The SMILES string of the molecule is CS(=O)(=O)N(CCC(=O)Nc1c(Cl)cccc1Cl)C1CCCC1. The number of nitrogens with one attached hydrogen (secondary N) is 1. The lowest BCUT2D eigenvalue weighted by atomic mass is 10.2. The van der Waals surface area contributed by atoms with E-state index in [0.717, 1.165) is 25.7 Å². The summed E-state index contributed by atoms with van der Waals surface area (Å²) in [5, 5.41) is 3.35. The standard InChI is InChI=1S/C15H20Cl2N2O3S/c1-23(21,22)19(11-5-2-3-6-11)10-9-14(20)18-15-12(16)7-4-8-13(15)17/h4,7-8,11H,2-3,5-6,9-10H2,1H3,(H,18,20). The van der Waals surface area contributed by atoms with Gasteiger partial charge in [-0.05, 0) is 25.0 Å². The van der Waals surface area contributed by atoms with E-state index < -0.39 is 10.0 Å². The number of para-hydroxylation sites is 1. The van der Waals surface area contributed by atoms with Crippen molar-refractivity contribution >= 4 is 44.8 Å². The normalized spacial score (nSPS) is 16.0. The maximum Gasteiger partial charge on any atom is 0.225 e. The van der Waals surface area contributed by atoms with E-state index in [-0.39, 0.29) is 24.9 Å². The van der Waals surface area contributed by atoms with Crippen LogP contribution in [0, 0.1) is 0 Å². The molecule has 128 valence electrons. The summed E-state index contributed by atoms with van der Waals surface area (Å²) in [5.74, 6) is -0.313. The van der Waals surface area contributed by atoms with Crippen molar-refractivity contribution in [2.75, 3.05) is 18.1 Å². The molecule has 1 N–H and O–H groups in total. The Bertz CT molecular complexity index is 653. The van der Waals surface area contributed by atoms with Gasteiger partial charge in [-0.2, -0.15) is 4.31 Å². The average molecular weight is 379 g/mol. The van der Waals surface area contributed by atoms with Gasteiger partial charge in [-0.3, -0.25) is 4.79 Å². The average Bonchev–Trinajstić information content (AvgIpc) is 2.95. The predicted molar refractivity (Wildman–Crippen MR) is 93.5 cm³/mol. The molecule has 0 spiro atoms. The van der Waals surface area contributed by atoms with E-state index in [0.29, 0.717) is 15.7 Å². The Hall–Kier alpha value is -0.820. The van der Waals surface area contributed by atoms with Crippen LogP contribution >= 0.6 is 23.2 Å². The molecule has 0 aliphatic heterocycles. The molecular weight excluding hydrogens is 359 g/mol. The Morgan fingerprint density at radius 3 is 2.35 bits per heavy atom. The highest BCUT2D eigenvalue weighted by molar-refractivity contribution is 7.88. The number of hydrogen-bond donors (Lipinski definition) is 1. The molecule has 1 aromatic carbocycles. The molecule has 0 radical (unpaired) electrons. The van der Waals surface area contributed by atoms with Crippen LogP contribution < -0.4 is 5.32 Å². The Kier molecular flexibility index (Phi) is 6.31. The second kappa shape index (κ2) is 7.83. The number of carbonyl (C=O) groups excluding carboxylic acids is 1. The van der Waals surface area contributed by atoms with Crippen molar-refractivity contribution in [2.24, 2.45) is 0 Å². The van der Waals surface area contributed by atoms with Crippen LogP contribution in [0.4, 0.5) is 5.69 Å². The highest BCUT2D eigenvalue weighted by atomic mass is 35.5. The second-order valence-electron chi connectivity index (χ2n) is 5.71. The Morgan fingerprint density at radius 2 is 1.83 bits per heavy atom. The maximum atomic E-state index is 12.1. The van der Waals surface area contributed by atoms with Gasteiger partial charge >= 0.3 is 0 Å². The first-order valence-corrected chi connectivity index (χ1v) is 10.1. The van der Waals surface area contributed by atoms with Crippen LogP contribution in [0.2, 0.25) is 10.0 Å². The monoisotopic (exact) mass is 378 g/mol. The smallest absolute Gasteiger partial charge is 0.225 e. The molecule has 0 saturated heterocycles. The molecule has 0 aromatic heterocycles. The Morgan fingerprint density at radius 1 is 1.26 bits per heavy atom. The first-order chi connectivity index (χ1) is 10.8. The summed E-state index contributed by atoms with van der Waals surface area (Å²) in [5.41, 5.74) is 0.354. The zero-order chi connectivity index (χ0) is 17.0. The highest BCUT2D eigenvalue weighted by Crippen LogP contribution is 2.30. The van der Waals surface area contributed by atoms with Gasteiger partial charge in [-0.25, -0.2) is 8.42 Å². The van der Waals surface area contributed by atoms with E-state index >= 15 is 0 Å². The van der Waals surface area contributed by atoms with Gasteiger partial charge in [0, 0.05) is 19.0 Å². The number of anilines is 1. The number of carbonyl (C=O) groups is 1. The first kappa shape index (κ1) is 18.5. The number of halogens is 2. The summed E-state index contributed by atoms with van der Waals surface area (Å²) >= 11 is 12.0.